The third-order valence-electron chi connectivity index (χ3n) is 4.21. The minimum absolute atomic E-state index is 0.0565. The highest BCUT2D eigenvalue weighted by Crippen LogP contribution is 2.40. The Morgan fingerprint density at radius 3 is 2.68 bits per heavy atom. The Kier molecular flexibility index (Phi) is 4.25. The van der Waals surface area contributed by atoms with Crippen molar-refractivity contribution in [3.05, 3.63) is 35.4 Å². The predicted octanol–water partition coefficient (Wildman–Crippen LogP) is 2.27. The first kappa shape index (κ1) is 14.1. The summed E-state index contributed by atoms with van der Waals surface area (Å²) in [5, 5.41) is 3.02. The fraction of sp³-hybridized carbons (Fsp3) is 0.562. The summed E-state index contributed by atoms with van der Waals surface area (Å²) in [6.45, 7) is 4.55. The molecule has 1 aliphatic carbocycles. The minimum atomic E-state index is -0.434. The maximum atomic E-state index is 11.7. The molecule has 3 N–H and O–H groups in total. The number of carbonyl (C=O) groups is 1. The molecule has 1 fully saturated rings. The highest BCUT2D eigenvalue weighted by Gasteiger charge is 2.36. The highest BCUT2D eigenvalue weighted by atomic mass is 16.2. The van der Waals surface area contributed by atoms with Gasteiger partial charge in [-0.2, -0.15) is 0 Å². The average Bonchev–Trinajstić information content (AvgIpc) is 2.86. The normalized spacial score (nSPS) is 19.1. The van der Waals surface area contributed by atoms with Gasteiger partial charge < -0.3 is 11.1 Å². The molecular formula is C16H24N2O. The molecule has 0 saturated heterocycles. The molecule has 1 saturated carbocycles. The van der Waals surface area contributed by atoms with E-state index in [1.165, 1.54) is 24.0 Å². The quantitative estimate of drug-likeness (QED) is 0.872. The molecule has 0 radical (unpaired) electrons. The topological polar surface area (TPSA) is 55.1 Å². The van der Waals surface area contributed by atoms with Crippen molar-refractivity contribution in [3.63, 3.8) is 0 Å². The van der Waals surface area contributed by atoms with Gasteiger partial charge in [-0.1, -0.05) is 42.7 Å². The Morgan fingerprint density at radius 1 is 1.42 bits per heavy atom. The first-order valence-corrected chi connectivity index (χ1v) is 7.14. The number of hydrogen-bond donors (Lipinski definition) is 2. The summed E-state index contributed by atoms with van der Waals surface area (Å²) in [5.74, 6) is -0.0565. The zero-order chi connectivity index (χ0) is 13.9. The molecule has 2 rings (SSSR count). The van der Waals surface area contributed by atoms with E-state index in [-0.39, 0.29) is 11.3 Å². The van der Waals surface area contributed by atoms with Crippen molar-refractivity contribution in [2.75, 3.05) is 6.54 Å². The first-order chi connectivity index (χ1) is 9.03. The SMILES string of the molecule is Cc1cccc(C2(CNC(=O)[C@@H](C)N)CCCC2)c1. The van der Waals surface area contributed by atoms with Gasteiger partial charge >= 0.3 is 0 Å². The van der Waals surface area contributed by atoms with E-state index in [2.05, 4.69) is 36.5 Å². The van der Waals surface area contributed by atoms with E-state index >= 15 is 0 Å². The van der Waals surface area contributed by atoms with Crippen LogP contribution < -0.4 is 11.1 Å². The van der Waals surface area contributed by atoms with Crippen LogP contribution in [0, 0.1) is 6.92 Å². The fourth-order valence-corrected chi connectivity index (χ4v) is 3.01. The van der Waals surface area contributed by atoms with E-state index in [9.17, 15) is 4.79 Å². The molecule has 1 aliphatic rings. The van der Waals surface area contributed by atoms with Crippen LogP contribution in [-0.4, -0.2) is 18.5 Å². The Bertz CT molecular complexity index is 448. The lowest BCUT2D eigenvalue weighted by Crippen LogP contribution is -2.45. The smallest absolute Gasteiger partial charge is 0.236 e. The number of amides is 1. The molecule has 19 heavy (non-hydrogen) atoms. The van der Waals surface area contributed by atoms with Crippen molar-refractivity contribution in [2.24, 2.45) is 5.73 Å². The Hall–Kier alpha value is -1.35. The molecule has 0 unspecified atom stereocenters. The van der Waals surface area contributed by atoms with Gasteiger partial charge in [0.25, 0.3) is 0 Å². The van der Waals surface area contributed by atoms with Crippen LogP contribution in [0.2, 0.25) is 0 Å². The summed E-state index contributed by atoms with van der Waals surface area (Å²) in [6, 6.07) is 8.24. The van der Waals surface area contributed by atoms with Crippen LogP contribution in [0.25, 0.3) is 0 Å². The van der Waals surface area contributed by atoms with Crippen molar-refractivity contribution in [1.29, 1.82) is 0 Å². The van der Waals surface area contributed by atoms with Crippen LogP contribution in [0.1, 0.15) is 43.7 Å². The standard InChI is InChI=1S/C16H24N2O/c1-12-6-5-7-14(10-12)16(8-3-4-9-16)11-18-15(19)13(2)17/h5-7,10,13H,3-4,8-9,11,17H2,1-2H3,(H,18,19)/t13-/m1/s1. The van der Waals surface area contributed by atoms with Crippen molar-refractivity contribution in [2.45, 2.75) is 51.0 Å². The zero-order valence-corrected chi connectivity index (χ0v) is 11.9. The Morgan fingerprint density at radius 2 is 2.11 bits per heavy atom. The average molecular weight is 260 g/mol. The van der Waals surface area contributed by atoms with Crippen LogP contribution in [0.3, 0.4) is 0 Å². The third kappa shape index (κ3) is 3.16. The fourth-order valence-electron chi connectivity index (χ4n) is 3.01. The van der Waals surface area contributed by atoms with Crippen molar-refractivity contribution < 1.29 is 4.79 Å². The van der Waals surface area contributed by atoms with Gasteiger partial charge in [-0.15, -0.1) is 0 Å². The van der Waals surface area contributed by atoms with E-state index in [0.717, 1.165) is 12.8 Å². The van der Waals surface area contributed by atoms with Gasteiger partial charge in [0.15, 0.2) is 0 Å². The number of benzene rings is 1. The molecule has 0 heterocycles. The molecule has 0 bridgehead atoms. The number of nitrogens with one attached hydrogen (secondary N) is 1. The van der Waals surface area contributed by atoms with Crippen LogP contribution in [0.15, 0.2) is 24.3 Å². The lowest BCUT2D eigenvalue weighted by Gasteiger charge is -2.30. The number of rotatable bonds is 4. The summed E-state index contributed by atoms with van der Waals surface area (Å²) in [5.41, 5.74) is 8.36. The van der Waals surface area contributed by atoms with Crippen LogP contribution in [0.4, 0.5) is 0 Å². The summed E-state index contributed by atoms with van der Waals surface area (Å²) >= 11 is 0. The second-order valence-electron chi connectivity index (χ2n) is 5.86. The van der Waals surface area contributed by atoms with Gasteiger partial charge in [-0.05, 0) is 32.3 Å². The van der Waals surface area contributed by atoms with Crippen molar-refractivity contribution in [1.82, 2.24) is 5.32 Å². The van der Waals surface area contributed by atoms with Crippen LogP contribution >= 0.6 is 0 Å². The van der Waals surface area contributed by atoms with Gasteiger partial charge in [0, 0.05) is 12.0 Å². The monoisotopic (exact) mass is 260 g/mol. The lowest BCUT2D eigenvalue weighted by molar-refractivity contribution is -0.122. The Balaban J connectivity index is 2.16. The largest absolute Gasteiger partial charge is 0.354 e. The molecule has 104 valence electrons. The summed E-state index contributed by atoms with van der Waals surface area (Å²) in [4.78, 5) is 11.7. The lowest BCUT2D eigenvalue weighted by atomic mass is 9.78. The molecule has 1 atom stereocenters. The number of carbonyl (C=O) groups excluding carboxylic acids is 1. The summed E-state index contributed by atoms with van der Waals surface area (Å²) in [7, 11) is 0. The minimum Gasteiger partial charge on any atom is -0.354 e. The maximum absolute atomic E-state index is 11.7. The molecule has 0 aromatic heterocycles. The van der Waals surface area contributed by atoms with Gasteiger partial charge in [0.2, 0.25) is 5.91 Å². The Labute approximate surface area is 115 Å². The van der Waals surface area contributed by atoms with E-state index in [4.69, 9.17) is 5.73 Å². The number of aryl methyl sites for hydroxylation is 1. The maximum Gasteiger partial charge on any atom is 0.236 e. The van der Waals surface area contributed by atoms with Crippen LogP contribution in [0.5, 0.6) is 0 Å². The highest BCUT2D eigenvalue weighted by molar-refractivity contribution is 5.81. The number of hydrogen-bond acceptors (Lipinski definition) is 2. The van der Waals surface area contributed by atoms with E-state index < -0.39 is 6.04 Å². The molecule has 0 spiro atoms. The van der Waals surface area contributed by atoms with Gasteiger partial charge in [-0.3, -0.25) is 4.79 Å². The van der Waals surface area contributed by atoms with Crippen molar-refractivity contribution in [3.8, 4) is 0 Å². The van der Waals surface area contributed by atoms with Gasteiger partial charge in [-0.25, -0.2) is 0 Å². The van der Waals surface area contributed by atoms with Crippen LogP contribution in [-0.2, 0) is 10.2 Å². The van der Waals surface area contributed by atoms with E-state index in [1.54, 1.807) is 6.92 Å². The molecule has 3 heteroatoms. The van der Waals surface area contributed by atoms with Crippen molar-refractivity contribution >= 4 is 5.91 Å². The van der Waals surface area contributed by atoms with E-state index in [0.29, 0.717) is 6.54 Å². The molecule has 1 amide bonds. The predicted molar refractivity (Wildman–Crippen MR) is 78.0 cm³/mol. The zero-order valence-electron chi connectivity index (χ0n) is 11.9. The molecule has 1 aromatic rings. The molecule has 3 nitrogen and oxygen atoms in total. The van der Waals surface area contributed by atoms with E-state index in [1.807, 2.05) is 0 Å². The first-order valence-electron chi connectivity index (χ1n) is 7.14. The van der Waals surface area contributed by atoms with Gasteiger partial charge in [0.1, 0.15) is 0 Å². The third-order valence-corrected chi connectivity index (χ3v) is 4.21. The van der Waals surface area contributed by atoms with Gasteiger partial charge in [0.05, 0.1) is 6.04 Å². The summed E-state index contributed by atoms with van der Waals surface area (Å²) < 4.78 is 0. The molecular weight excluding hydrogens is 236 g/mol. The number of nitrogens with two attached hydrogens (primary N) is 1. The summed E-state index contributed by atoms with van der Waals surface area (Å²) in [6.07, 6.45) is 4.77. The molecule has 1 aromatic carbocycles. The molecule has 0 aliphatic heterocycles. The second-order valence-corrected chi connectivity index (χ2v) is 5.86. The second kappa shape index (κ2) is 5.74.